The zero-order valence-electron chi connectivity index (χ0n) is 21.5. The summed E-state index contributed by atoms with van der Waals surface area (Å²) in [4.78, 5) is 13.2. The molecule has 1 saturated carbocycles. The fraction of sp³-hybridized carbons (Fsp3) is 0.731. The summed E-state index contributed by atoms with van der Waals surface area (Å²) in [5, 5.41) is 0.0930. The lowest BCUT2D eigenvalue weighted by Crippen LogP contribution is -2.59. The molecule has 0 bridgehead atoms. The van der Waals surface area contributed by atoms with Gasteiger partial charge in [0.1, 0.15) is 12.6 Å². The van der Waals surface area contributed by atoms with Crippen LogP contribution in [0.1, 0.15) is 59.4 Å². The van der Waals surface area contributed by atoms with E-state index in [4.69, 9.17) is 18.6 Å². The third-order valence-corrected chi connectivity index (χ3v) is 12.5. The average molecular weight is 465 g/mol. The summed E-state index contributed by atoms with van der Waals surface area (Å²) < 4.78 is 24.1. The van der Waals surface area contributed by atoms with Crippen molar-refractivity contribution in [3.63, 3.8) is 0 Å². The molecule has 2 rings (SSSR count). The van der Waals surface area contributed by atoms with Crippen molar-refractivity contribution in [1.29, 1.82) is 0 Å². The van der Waals surface area contributed by atoms with Gasteiger partial charge in [0.25, 0.3) is 0 Å². The number of Topliss-reactive ketones (excluding diaryl/α,β-unsaturated/α-hetero) is 1. The van der Waals surface area contributed by atoms with Crippen LogP contribution < -0.4 is 0 Å². The molecule has 0 aliphatic heterocycles. The Balaban J connectivity index is 2.19. The monoisotopic (exact) mass is 464 g/mol. The number of benzene rings is 1. The van der Waals surface area contributed by atoms with E-state index in [-0.39, 0.29) is 23.5 Å². The molecule has 6 heteroatoms. The van der Waals surface area contributed by atoms with Gasteiger partial charge in [0.05, 0.1) is 12.2 Å². The third-order valence-electron chi connectivity index (χ3n) is 8.00. The predicted molar refractivity (Wildman–Crippen MR) is 131 cm³/mol. The van der Waals surface area contributed by atoms with Crippen molar-refractivity contribution in [2.45, 2.75) is 84.2 Å². The van der Waals surface area contributed by atoms with E-state index in [1.165, 1.54) is 0 Å². The zero-order chi connectivity index (χ0) is 24.0. The molecule has 0 heterocycles. The predicted octanol–water partition coefficient (Wildman–Crippen LogP) is 5.98. The minimum absolute atomic E-state index is 0.0930. The number of ketones is 1. The molecule has 1 aromatic rings. The maximum absolute atomic E-state index is 13.2. The van der Waals surface area contributed by atoms with E-state index >= 15 is 0 Å². The minimum atomic E-state index is -1.98. The first-order valence-corrected chi connectivity index (χ1v) is 14.7. The Labute approximate surface area is 196 Å². The molecule has 0 amide bonds. The standard InChI is InChI=1S/C26H44O5Si/c1-24(2,3)32(7,8)31-19-22-23(27)14-15-26(5,30-20-28-6)25(22,4)16-17-29-18-21-12-10-9-11-13-21/h9-13,22H,14-20H2,1-8H3/t22-,25-,26-/m0/s1. The Kier molecular flexibility index (Phi) is 9.28. The van der Waals surface area contributed by atoms with Crippen LogP contribution in [0.2, 0.25) is 18.1 Å². The molecule has 5 nitrogen and oxygen atoms in total. The Bertz CT molecular complexity index is 729. The van der Waals surface area contributed by atoms with Crippen molar-refractivity contribution in [3.8, 4) is 0 Å². The maximum Gasteiger partial charge on any atom is 0.192 e. The van der Waals surface area contributed by atoms with Crippen LogP contribution in [-0.4, -0.2) is 46.8 Å². The van der Waals surface area contributed by atoms with Crippen LogP contribution in [0.3, 0.4) is 0 Å². The molecule has 0 unspecified atom stereocenters. The highest BCUT2D eigenvalue weighted by Crippen LogP contribution is 2.51. The molecule has 0 radical (unpaired) electrons. The molecule has 32 heavy (non-hydrogen) atoms. The number of hydrogen-bond donors (Lipinski definition) is 0. The van der Waals surface area contributed by atoms with Crippen LogP contribution in [0.15, 0.2) is 30.3 Å². The van der Waals surface area contributed by atoms with Crippen LogP contribution in [0.4, 0.5) is 0 Å². The van der Waals surface area contributed by atoms with E-state index in [2.05, 4.69) is 59.8 Å². The van der Waals surface area contributed by atoms with Gasteiger partial charge in [-0.15, -0.1) is 0 Å². The topological polar surface area (TPSA) is 54.0 Å². The molecule has 0 spiro atoms. The van der Waals surface area contributed by atoms with Gasteiger partial charge in [0.2, 0.25) is 0 Å². The van der Waals surface area contributed by atoms with Crippen molar-refractivity contribution in [2.75, 3.05) is 27.1 Å². The number of rotatable bonds is 11. The molecular weight excluding hydrogens is 420 g/mol. The number of carbonyl (C=O) groups excluding carboxylic acids is 1. The van der Waals surface area contributed by atoms with Gasteiger partial charge < -0.3 is 18.6 Å². The fourth-order valence-corrected chi connectivity index (χ4v) is 5.26. The average Bonchev–Trinajstić information content (AvgIpc) is 2.73. The zero-order valence-corrected chi connectivity index (χ0v) is 22.5. The molecular formula is C26H44O5Si. The summed E-state index contributed by atoms with van der Waals surface area (Å²) in [6, 6.07) is 10.2. The van der Waals surface area contributed by atoms with Crippen molar-refractivity contribution in [2.24, 2.45) is 11.3 Å². The Morgan fingerprint density at radius 3 is 2.38 bits per heavy atom. The second kappa shape index (κ2) is 10.9. The van der Waals surface area contributed by atoms with Crippen molar-refractivity contribution in [3.05, 3.63) is 35.9 Å². The van der Waals surface area contributed by atoms with Crippen molar-refractivity contribution < 1.29 is 23.4 Å². The van der Waals surface area contributed by atoms with E-state index in [0.717, 1.165) is 12.0 Å². The Morgan fingerprint density at radius 1 is 1.12 bits per heavy atom. The summed E-state index contributed by atoms with van der Waals surface area (Å²) in [5.41, 5.74) is 0.238. The molecule has 1 aromatic carbocycles. The van der Waals surface area contributed by atoms with Crippen LogP contribution >= 0.6 is 0 Å². The van der Waals surface area contributed by atoms with Crippen molar-refractivity contribution >= 4 is 14.1 Å². The molecule has 182 valence electrons. The van der Waals surface area contributed by atoms with Gasteiger partial charge in [-0.2, -0.15) is 0 Å². The summed E-state index contributed by atoms with van der Waals surface area (Å²) in [6.45, 7) is 17.2. The van der Waals surface area contributed by atoms with E-state index in [0.29, 0.717) is 32.7 Å². The smallest absolute Gasteiger partial charge is 0.192 e. The van der Waals surface area contributed by atoms with Crippen LogP contribution in [0.5, 0.6) is 0 Å². The SMILES string of the molecule is COCO[C@@]1(C)CCC(=O)[C@H](CO[Si](C)(C)C(C)(C)C)[C@]1(C)CCOCc1ccccc1. The minimum Gasteiger partial charge on any atom is -0.416 e. The lowest BCUT2D eigenvalue weighted by molar-refractivity contribution is -0.214. The first-order valence-electron chi connectivity index (χ1n) is 11.8. The number of ether oxygens (including phenoxy) is 3. The largest absolute Gasteiger partial charge is 0.416 e. The van der Waals surface area contributed by atoms with Gasteiger partial charge in [0, 0.05) is 38.1 Å². The number of carbonyl (C=O) groups is 1. The Morgan fingerprint density at radius 2 is 1.78 bits per heavy atom. The summed E-state index contributed by atoms with van der Waals surface area (Å²) in [5.74, 6) is 0.0420. The van der Waals surface area contributed by atoms with E-state index in [9.17, 15) is 4.79 Å². The van der Waals surface area contributed by atoms with Gasteiger partial charge in [-0.3, -0.25) is 4.79 Å². The first kappa shape index (κ1) is 27.2. The van der Waals surface area contributed by atoms with Crippen LogP contribution in [0.25, 0.3) is 0 Å². The van der Waals surface area contributed by atoms with Gasteiger partial charge in [-0.25, -0.2) is 0 Å². The van der Waals surface area contributed by atoms with Crippen molar-refractivity contribution in [1.82, 2.24) is 0 Å². The van der Waals surface area contributed by atoms with Gasteiger partial charge in [-0.1, -0.05) is 58.0 Å². The molecule has 0 saturated heterocycles. The lowest BCUT2D eigenvalue weighted by atomic mass is 9.57. The lowest BCUT2D eigenvalue weighted by Gasteiger charge is -2.54. The summed E-state index contributed by atoms with van der Waals surface area (Å²) >= 11 is 0. The van der Waals surface area contributed by atoms with Gasteiger partial charge in [-0.05, 0) is 43.5 Å². The van der Waals surface area contributed by atoms with E-state index in [1.54, 1.807) is 7.11 Å². The molecule has 0 aromatic heterocycles. The number of hydrogen-bond acceptors (Lipinski definition) is 5. The number of methoxy groups -OCH3 is 1. The second-order valence-corrected chi connectivity index (χ2v) is 15.9. The normalized spacial score (nSPS) is 27.0. The third kappa shape index (κ3) is 6.29. The Hall–Kier alpha value is -1.05. The van der Waals surface area contributed by atoms with Crippen LogP contribution in [-0.2, 0) is 30.0 Å². The molecule has 1 fully saturated rings. The molecule has 0 N–H and O–H groups in total. The first-order chi connectivity index (χ1) is 14.9. The van der Waals surface area contributed by atoms with Gasteiger partial charge >= 0.3 is 0 Å². The fourth-order valence-electron chi connectivity index (χ4n) is 4.24. The summed E-state index contributed by atoms with van der Waals surface area (Å²) in [6.07, 6.45) is 1.91. The van der Waals surface area contributed by atoms with E-state index < -0.39 is 19.3 Å². The highest BCUT2D eigenvalue weighted by Gasteiger charge is 2.56. The van der Waals surface area contributed by atoms with E-state index in [1.807, 2.05) is 18.2 Å². The molecule has 1 aliphatic carbocycles. The highest BCUT2D eigenvalue weighted by molar-refractivity contribution is 6.74. The molecule has 3 atom stereocenters. The summed E-state index contributed by atoms with van der Waals surface area (Å²) in [7, 11) is -0.349. The van der Waals surface area contributed by atoms with Gasteiger partial charge in [0.15, 0.2) is 8.32 Å². The van der Waals surface area contributed by atoms with Crippen LogP contribution in [0, 0.1) is 11.3 Å². The quantitative estimate of drug-likeness (QED) is 0.229. The highest BCUT2D eigenvalue weighted by atomic mass is 28.4. The molecule has 1 aliphatic rings. The second-order valence-electron chi connectivity index (χ2n) is 11.1. The maximum atomic E-state index is 13.2.